The number of aryl methyl sites for hydroxylation is 1. The summed E-state index contributed by atoms with van der Waals surface area (Å²) < 4.78 is 26.4. The van der Waals surface area contributed by atoms with Gasteiger partial charge in [-0.25, -0.2) is 4.68 Å². The Kier molecular flexibility index (Phi) is 6.10. The number of alkyl halides is 2. The van der Waals surface area contributed by atoms with Crippen molar-refractivity contribution in [3.05, 3.63) is 17.0 Å². The molecule has 1 aromatic heterocycles. The molecule has 1 fully saturated rings. The molecular weight excluding hydrogens is 302 g/mol. The number of amides is 1. The molecule has 0 aliphatic carbocycles. The van der Waals surface area contributed by atoms with Crippen LogP contribution in [0.3, 0.4) is 0 Å². The Bertz CT molecular complexity index is 536. The van der Waals surface area contributed by atoms with E-state index in [-0.39, 0.29) is 12.3 Å². The number of halogens is 2. The largest absolute Gasteiger partial charge is 0.342 e. The summed E-state index contributed by atoms with van der Waals surface area (Å²) in [7, 11) is 1.95. The molecule has 2 rings (SSSR count). The molecule has 7 heteroatoms. The molecule has 0 aromatic carbocycles. The maximum atomic E-state index is 12.9. The first-order valence-electron chi connectivity index (χ1n) is 8.19. The second-order valence-corrected chi connectivity index (χ2v) is 6.26. The number of likely N-dealkylation sites (tertiary alicyclic amines) is 1. The number of carbonyl (C=O) groups is 1. The Morgan fingerprint density at radius 2 is 2.00 bits per heavy atom. The smallest absolute Gasteiger partial charge is 0.333 e. The van der Waals surface area contributed by atoms with Gasteiger partial charge in [-0.2, -0.15) is 13.9 Å². The predicted octanol–water partition coefficient (Wildman–Crippen LogP) is 2.29. The molecule has 0 atom stereocenters. The summed E-state index contributed by atoms with van der Waals surface area (Å²) in [4.78, 5) is 14.3. The SMILES string of the molecule is CNCCC1CCN(C(=O)Cc2c(C)nn(C(F)F)c2C)CC1. The van der Waals surface area contributed by atoms with Gasteiger partial charge in [0.25, 0.3) is 0 Å². The molecule has 0 bridgehead atoms. The zero-order valence-electron chi connectivity index (χ0n) is 14.1. The van der Waals surface area contributed by atoms with Crippen LogP contribution >= 0.6 is 0 Å². The van der Waals surface area contributed by atoms with Crippen LogP contribution in [0.2, 0.25) is 0 Å². The van der Waals surface area contributed by atoms with Gasteiger partial charge in [0.15, 0.2) is 0 Å². The lowest BCUT2D eigenvalue weighted by molar-refractivity contribution is -0.131. The minimum atomic E-state index is -2.67. The Morgan fingerprint density at radius 3 is 2.52 bits per heavy atom. The van der Waals surface area contributed by atoms with Gasteiger partial charge in [-0.1, -0.05) is 0 Å². The number of piperidine rings is 1. The normalized spacial score (nSPS) is 16.3. The molecule has 0 unspecified atom stereocenters. The lowest BCUT2D eigenvalue weighted by Crippen LogP contribution is -2.39. The summed E-state index contributed by atoms with van der Waals surface area (Å²) in [6.07, 6.45) is 3.33. The minimum absolute atomic E-state index is 0.0112. The van der Waals surface area contributed by atoms with E-state index in [2.05, 4.69) is 10.4 Å². The van der Waals surface area contributed by atoms with Crippen molar-refractivity contribution in [1.82, 2.24) is 20.0 Å². The zero-order valence-corrected chi connectivity index (χ0v) is 14.1. The van der Waals surface area contributed by atoms with Crippen molar-refractivity contribution in [2.75, 3.05) is 26.7 Å². The van der Waals surface area contributed by atoms with E-state index in [1.54, 1.807) is 13.8 Å². The van der Waals surface area contributed by atoms with Crippen LogP contribution in [0, 0.1) is 19.8 Å². The molecule has 1 saturated heterocycles. The van der Waals surface area contributed by atoms with Crippen molar-refractivity contribution in [2.45, 2.75) is 46.1 Å². The molecular formula is C16H26F2N4O. The maximum absolute atomic E-state index is 12.9. The van der Waals surface area contributed by atoms with E-state index >= 15 is 0 Å². The summed E-state index contributed by atoms with van der Waals surface area (Å²) in [5, 5.41) is 7.00. The van der Waals surface area contributed by atoms with Crippen molar-refractivity contribution in [3.63, 3.8) is 0 Å². The number of hydrogen-bond donors (Lipinski definition) is 1. The van der Waals surface area contributed by atoms with E-state index < -0.39 is 6.55 Å². The summed E-state index contributed by atoms with van der Waals surface area (Å²) in [5.41, 5.74) is 1.53. The van der Waals surface area contributed by atoms with Crippen LogP contribution in [-0.2, 0) is 11.2 Å². The van der Waals surface area contributed by atoms with Crippen LogP contribution in [0.15, 0.2) is 0 Å². The highest BCUT2D eigenvalue weighted by Crippen LogP contribution is 2.23. The third-order valence-corrected chi connectivity index (χ3v) is 4.76. The van der Waals surface area contributed by atoms with Crippen LogP contribution in [0.4, 0.5) is 8.78 Å². The molecule has 5 nitrogen and oxygen atoms in total. The number of carbonyl (C=O) groups excluding carboxylic acids is 1. The van der Waals surface area contributed by atoms with Crippen LogP contribution in [-0.4, -0.2) is 47.3 Å². The van der Waals surface area contributed by atoms with E-state index in [0.717, 1.165) is 38.9 Å². The molecule has 1 aliphatic rings. The molecule has 0 spiro atoms. The van der Waals surface area contributed by atoms with Gasteiger partial charge in [0, 0.05) is 24.3 Å². The molecule has 0 radical (unpaired) electrons. The molecule has 23 heavy (non-hydrogen) atoms. The lowest BCUT2D eigenvalue weighted by atomic mass is 9.93. The van der Waals surface area contributed by atoms with Crippen LogP contribution in [0.1, 0.15) is 42.8 Å². The average molecular weight is 328 g/mol. The van der Waals surface area contributed by atoms with Crippen LogP contribution < -0.4 is 5.32 Å². The summed E-state index contributed by atoms with van der Waals surface area (Å²) in [6, 6.07) is 0. The lowest BCUT2D eigenvalue weighted by Gasteiger charge is -2.32. The number of nitrogens with zero attached hydrogens (tertiary/aromatic N) is 3. The first kappa shape index (κ1) is 17.8. The van der Waals surface area contributed by atoms with Crippen LogP contribution in [0.25, 0.3) is 0 Å². The highest BCUT2D eigenvalue weighted by atomic mass is 19.3. The van der Waals surface area contributed by atoms with E-state index in [4.69, 9.17) is 0 Å². The quantitative estimate of drug-likeness (QED) is 0.872. The van der Waals surface area contributed by atoms with Gasteiger partial charge in [0.05, 0.1) is 12.1 Å². The monoisotopic (exact) mass is 328 g/mol. The predicted molar refractivity (Wildman–Crippen MR) is 84.5 cm³/mol. The fraction of sp³-hybridized carbons (Fsp3) is 0.750. The van der Waals surface area contributed by atoms with Crippen molar-refractivity contribution < 1.29 is 13.6 Å². The third-order valence-electron chi connectivity index (χ3n) is 4.76. The highest BCUT2D eigenvalue weighted by molar-refractivity contribution is 5.79. The standard InChI is InChI=1S/C16H26F2N4O/c1-11-14(12(2)22(20-11)16(17)18)10-15(23)21-8-5-13(6-9-21)4-7-19-3/h13,16,19H,4-10H2,1-3H3. The summed E-state index contributed by atoms with van der Waals surface area (Å²) >= 11 is 0. The Hall–Kier alpha value is -1.50. The molecule has 1 aliphatic heterocycles. The first-order chi connectivity index (χ1) is 10.9. The second kappa shape index (κ2) is 7.86. The van der Waals surface area contributed by atoms with E-state index in [1.165, 1.54) is 0 Å². The topological polar surface area (TPSA) is 50.2 Å². The molecule has 0 saturated carbocycles. The fourth-order valence-corrected chi connectivity index (χ4v) is 3.23. The Labute approximate surface area is 136 Å². The zero-order chi connectivity index (χ0) is 17.0. The van der Waals surface area contributed by atoms with Crippen molar-refractivity contribution in [3.8, 4) is 0 Å². The first-order valence-corrected chi connectivity index (χ1v) is 8.19. The number of rotatable bonds is 6. The van der Waals surface area contributed by atoms with Gasteiger partial charge >= 0.3 is 6.55 Å². The van der Waals surface area contributed by atoms with Gasteiger partial charge < -0.3 is 10.2 Å². The van der Waals surface area contributed by atoms with Crippen LogP contribution in [0.5, 0.6) is 0 Å². The van der Waals surface area contributed by atoms with Gasteiger partial charge in [-0.05, 0) is 52.6 Å². The van der Waals surface area contributed by atoms with Gasteiger partial charge in [-0.3, -0.25) is 4.79 Å². The number of nitrogens with one attached hydrogen (secondary N) is 1. The van der Waals surface area contributed by atoms with E-state index in [1.807, 2.05) is 11.9 Å². The van der Waals surface area contributed by atoms with E-state index in [0.29, 0.717) is 27.6 Å². The molecule has 130 valence electrons. The molecule has 1 N–H and O–H groups in total. The summed E-state index contributed by atoms with van der Waals surface area (Å²) in [6.45, 7) is 3.13. The Balaban J connectivity index is 1.93. The van der Waals surface area contributed by atoms with Crippen molar-refractivity contribution in [2.24, 2.45) is 5.92 Å². The second-order valence-electron chi connectivity index (χ2n) is 6.26. The summed E-state index contributed by atoms with van der Waals surface area (Å²) in [5.74, 6) is 0.675. The molecule has 1 aromatic rings. The van der Waals surface area contributed by atoms with Gasteiger partial charge in [0.2, 0.25) is 5.91 Å². The van der Waals surface area contributed by atoms with Crippen molar-refractivity contribution >= 4 is 5.91 Å². The Morgan fingerprint density at radius 1 is 1.35 bits per heavy atom. The third kappa shape index (κ3) is 4.28. The van der Waals surface area contributed by atoms with Crippen molar-refractivity contribution in [1.29, 1.82) is 0 Å². The highest BCUT2D eigenvalue weighted by Gasteiger charge is 2.25. The van der Waals surface area contributed by atoms with E-state index in [9.17, 15) is 13.6 Å². The van der Waals surface area contributed by atoms with Gasteiger partial charge in [-0.15, -0.1) is 0 Å². The number of aromatic nitrogens is 2. The molecule has 1 amide bonds. The average Bonchev–Trinajstić information content (AvgIpc) is 2.81. The van der Waals surface area contributed by atoms with Gasteiger partial charge in [0.1, 0.15) is 0 Å². The minimum Gasteiger partial charge on any atom is -0.342 e. The maximum Gasteiger partial charge on any atom is 0.333 e. The fourth-order valence-electron chi connectivity index (χ4n) is 3.23. The number of hydrogen-bond acceptors (Lipinski definition) is 3. The molecule has 2 heterocycles.